The molecule has 144 valence electrons. The van der Waals surface area contributed by atoms with Crippen LogP contribution in [0, 0.1) is 0 Å². The number of piperazine rings is 1. The zero-order chi connectivity index (χ0) is 19.7. The van der Waals surface area contributed by atoms with E-state index in [2.05, 4.69) is 12.1 Å². The summed E-state index contributed by atoms with van der Waals surface area (Å²) in [6, 6.07) is 14.2. The second-order valence-electron chi connectivity index (χ2n) is 7.06. The Labute approximate surface area is 162 Å². The first-order chi connectivity index (χ1) is 13.6. The summed E-state index contributed by atoms with van der Waals surface area (Å²) in [6.45, 7) is 3.16. The third kappa shape index (κ3) is 3.25. The monoisotopic (exact) mass is 379 g/mol. The summed E-state index contributed by atoms with van der Waals surface area (Å²) >= 11 is 0. The van der Waals surface area contributed by atoms with Gasteiger partial charge in [0, 0.05) is 11.5 Å². The summed E-state index contributed by atoms with van der Waals surface area (Å²) in [6.07, 6.45) is 0. The lowest BCUT2D eigenvalue weighted by Gasteiger charge is -2.30. The minimum atomic E-state index is -0.261. The van der Waals surface area contributed by atoms with Gasteiger partial charge >= 0.3 is 0 Å². The van der Waals surface area contributed by atoms with Gasteiger partial charge in [-0.1, -0.05) is 24.3 Å². The fraction of sp³-hybridized carbons (Fsp3) is 0.286. The molecule has 2 aromatic carbocycles. The number of rotatable bonds is 3. The smallest absolute Gasteiger partial charge is 0.279 e. The second-order valence-corrected chi connectivity index (χ2v) is 7.06. The molecule has 1 aliphatic rings. The lowest BCUT2D eigenvalue weighted by Crippen LogP contribution is -3.12. The molecule has 1 fully saturated rings. The van der Waals surface area contributed by atoms with Crippen LogP contribution in [-0.4, -0.2) is 60.9 Å². The van der Waals surface area contributed by atoms with Crippen molar-refractivity contribution in [1.82, 2.24) is 14.7 Å². The molecule has 0 radical (unpaired) electrons. The largest absolute Gasteiger partial charge is 0.497 e. The first-order valence-corrected chi connectivity index (χ1v) is 9.35. The van der Waals surface area contributed by atoms with E-state index < -0.39 is 0 Å². The molecule has 0 unspecified atom stereocenters. The van der Waals surface area contributed by atoms with Gasteiger partial charge in [0.05, 0.1) is 51.4 Å². The Morgan fingerprint density at radius 1 is 1.07 bits per heavy atom. The van der Waals surface area contributed by atoms with Gasteiger partial charge < -0.3 is 14.5 Å². The van der Waals surface area contributed by atoms with Gasteiger partial charge in [-0.25, -0.2) is 0 Å². The number of nitrogens with zero attached hydrogens (tertiary/aromatic N) is 3. The van der Waals surface area contributed by atoms with Gasteiger partial charge in [-0.3, -0.25) is 9.59 Å². The van der Waals surface area contributed by atoms with Gasteiger partial charge in [-0.15, -0.1) is 0 Å². The van der Waals surface area contributed by atoms with Gasteiger partial charge in [0.2, 0.25) is 0 Å². The summed E-state index contributed by atoms with van der Waals surface area (Å²) < 4.78 is 6.56. The lowest BCUT2D eigenvalue weighted by molar-refractivity contribution is -0.883. The molecular weight excluding hydrogens is 356 g/mol. The van der Waals surface area contributed by atoms with Crippen LogP contribution in [0.4, 0.5) is 0 Å². The standard InChI is InChI=1S/C21H22N4O3/c1-23-10-12-24(13-11-23)21(27)19-17-8-3-4-9-18(17)20(26)25(22-19)15-6-5-7-16(14-15)28-2/h3-9,14H,10-13H2,1-2H3/p+1. The molecule has 28 heavy (non-hydrogen) atoms. The van der Waals surface area contributed by atoms with E-state index in [0.717, 1.165) is 13.1 Å². The maximum atomic E-state index is 13.3. The normalized spacial score (nSPS) is 15.0. The Morgan fingerprint density at radius 2 is 1.79 bits per heavy atom. The molecule has 0 atom stereocenters. The van der Waals surface area contributed by atoms with Crippen molar-refractivity contribution in [1.29, 1.82) is 0 Å². The molecule has 0 saturated carbocycles. The Kier molecular flexibility index (Phi) is 4.83. The van der Waals surface area contributed by atoms with Crippen LogP contribution in [0.25, 0.3) is 16.5 Å². The van der Waals surface area contributed by atoms with Gasteiger partial charge in [-0.05, 0) is 18.2 Å². The molecular formula is C21H23N4O3+. The van der Waals surface area contributed by atoms with Crippen molar-refractivity contribution in [3.05, 3.63) is 64.6 Å². The van der Waals surface area contributed by atoms with Crippen LogP contribution in [0.5, 0.6) is 5.75 Å². The van der Waals surface area contributed by atoms with Crippen LogP contribution in [-0.2, 0) is 0 Å². The number of carbonyl (C=O) groups is 1. The Hall–Kier alpha value is -3.19. The summed E-state index contributed by atoms with van der Waals surface area (Å²) in [5.74, 6) is 0.481. The summed E-state index contributed by atoms with van der Waals surface area (Å²) in [5, 5.41) is 5.55. The SMILES string of the molecule is COc1cccc(-n2nc(C(=O)N3CC[NH+](C)CC3)c3ccccc3c2=O)c1. The highest BCUT2D eigenvalue weighted by Crippen LogP contribution is 2.19. The Morgan fingerprint density at radius 3 is 2.50 bits per heavy atom. The first-order valence-electron chi connectivity index (χ1n) is 9.35. The van der Waals surface area contributed by atoms with Crippen LogP contribution in [0.3, 0.4) is 0 Å². The molecule has 3 aromatic rings. The van der Waals surface area contributed by atoms with Crippen molar-refractivity contribution in [2.45, 2.75) is 0 Å². The number of amides is 1. The molecule has 1 N–H and O–H groups in total. The molecule has 1 saturated heterocycles. The molecule has 1 aliphatic heterocycles. The number of quaternary nitrogens is 1. The molecule has 0 aliphatic carbocycles. The molecule has 7 nitrogen and oxygen atoms in total. The number of aromatic nitrogens is 2. The number of methoxy groups -OCH3 is 1. The van der Waals surface area contributed by atoms with E-state index >= 15 is 0 Å². The minimum Gasteiger partial charge on any atom is -0.497 e. The molecule has 0 spiro atoms. The quantitative estimate of drug-likeness (QED) is 0.714. The molecule has 4 rings (SSSR count). The number of hydrogen-bond acceptors (Lipinski definition) is 4. The van der Waals surface area contributed by atoms with Gasteiger partial charge in [0.1, 0.15) is 5.75 Å². The average Bonchev–Trinajstić information content (AvgIpc) is 2.74. The fourth-order valence-electron chi connectivity index (χ4n) is 3.51. The van der Waals surface area contributed by atoms with Crippen LogP contribution >= 0.6 is 0 Å². The van der Waals surface area contributed by atoms with E-state index in [-0.39, 0.29) is 11.5 Å². The average molecular weight is 379 g/mol. The second kappa shape index (κ2) is 7.44. The van der Waals surface area contributed by atoms with Crippen molar-refractivity contribution in [2.75, 3.05) is 40.3 Å². The number of hydrogen-bond donors (Lipinski definition) is 1. The third-order valence-electron chi connectivity index (χ3n) is 5.21. The maximum Gasteiger partial charge on any atom is 0.279 e. The minimum absolute atomic E-state index is 0.139. The van der Waals surface area contributed by atoms with Crippen LogP contribution in [0.1, 0.15) is 10.5 Å². The first kappa shape index (κ1) is 18.2. The topological polar surface area (TPSA) is 68.9 Å². The molecule has 7 heteroatoms. The summed E-state index contributed by atoms with van der Waals surface area (Å²) in [7, 11) is 3.69. The number of benzene rings is 2. The van der Waals surface area contributed by atoms with Gasteiger partial charge in [-0.2, -0.15) is 9.78 Å². The Bertz CT molecular complexity index is 1080. The number of fused-ring (bicyclic) bond motifs is 1. The third-order valence-corrected chi connectivity index (χ3v) is 5.21. The zero-order valence-corrected chi connectivity index (χ0v) is 16.0. The van der Waals surface area contributed by atoms with E-state index in [4.69, 9.17) is 4.74 Å². The number of ether oxygens (including phenoxy) is 1. The van der Waals surface area contributed by atoms with Crippen molar-refractivity contribution in [3.8, 4) is 11.4 Å². The van der Waals surface area contributed by atoms with Gasteiger partial charge in [0.25, 0.3) is 11.5 Å². The van der Waals surface area contributed by atoms with E-state index in [1.807, 2.05) is 11.0 Å². The van der Waals surface area contributed by atoms with E-state index in [0.29, 0.717) is 41.0 Å². The highest BCUT2D eigenvalue weighted by Gasteiger charge is 2.26. The molecule has 2 heterocycles. The number of likely N-dealkylation sites (N-methyl/N-ethyl adjacent to an activating group) is 1. The zero-order valence-electron chi connectivity index (χ0n) is 16.0. The van der Waals surface area contributed by atoms with E-state index in [1.165, 1.54) is 9.58 Å². The summed E-state index contributed by atoms with van der Waals surface area (Å²) in [5.41, 5.74) is 0.604. The Balaban J connectivity index is 1.87. The fourth-order valence-corrected chi connectivity index (χ4v) is 3.51. The van der Waals surface area contributed by atoms with E-state index in [9.17, 15) is 9.59 Å². The van der Waals surface area contributed by atoms with Crippen molar-refractivity contribution in [2.24, 2.45) is 0 Å². The highest BCUT2D eigenvalue weighted by molar-refractivity contribution is 6.04. The van der Waals surface area contributed by atoms with Crippen molar-refractivity contribution in [3.63, 3.8) is 0 Å². The maximum absolute atomic E-state index is 13.3. The van der Waals surface area contributed by atoms with Crippen molar-refractivity contribution < 1.29 is 14.4 Å². The predicted molar refractivity (Wildman–Crippen MR) is 106 cm³/mol. The van der Waals surface area contributed by atoms with Crippen LogP contribution in [0.2, 0.25) is 0 Å². The van der Waals surface area contributed by atoms with E-state index in [1.54, 1.807) is 49.6 Å². The molecule has 1 amide bonds. The van der Waals surface area contributed by atoms with Crippen LogP contribution < -0.4 is 15.2 Å². The number of carbonyl (C=O) groups excluding carboxylic acids is 1. The lowest BCUT2D eigenvalue weighted by atomic mass is 10.1. The highest BCUT2D eigenvalue weighted by atomic mass is 16.5. The summed E-state index contributed by atoms with van der Waals surface area (Å²) in [4.78, 5) is 29.5. The molecule has 0 bridgehead atoms. The van der Waals surface area contributed by atoms with Crippen molar-refractivity contribution >= 4 is 16.7 Å². The number of nitrogens with one attached hydrogen (secondary N) is 1. The van der Waals surface area contributed by atoms with Gasteiger partial charge in [0.15, 0.2) is 5.69 Å². The van der Waals surface area contributed by atoms with Crippen LogP contribution in [0.15, 0.2) is 53.3 Å². The molecule has 1 aromatic heterocycles. The predicted octanol–water partition coefficient (Wildman–Crippen LogP) is 0.365.